The molecule has 0 aromatic carbocycles. The molecule has 0 bridgehead atoms. The minimum atomic E-state index is -0.424. The van der Waals surface area contributed by atoms with Crippen LogP contribution in [0.2, 0.25) is 0 Å². The summed E-state index contributed by atoms with van der Waals surface area (Å²) in [5.74, 6) is 0.808. The molecule has 1 aromatic rings. The van der Waals surface area contributed by atoms with Crippen LogP contribution in [0, 0.1) is 24.8 Å². The molecule has 152 valence electrons. The number of nitrogens with one attached hydrogen (secondary N) is 1. The number of ketones is 1. The molecule has 6 heteroatoms. The Morgan fingerprint density at radius 3 is 2.57 bits per heavy atom. The van der Waals surface area contributed by atoms with E-state index < -0.39 is 5.60 Å². The van der Waals surface area contributed by atoms with Gasteiger partial charge in [0.15, 0.2) is 0 Å². The number of carbonyl (C=O) groups is 2. The van der Waals surface area contributed by atoms with Crippen LogP contribution in [-0.2, 0) is 22.4 Å². The molecule has 0 saturated carbocycles. The summed E-state index contributed by atoms with van der Waals surface area (Å²) in [5, 5.41) is 2.67. The normalized spacial score (nSPS) is 16.9. The van der Waals surface area contributed by atoms with Crippen LogP contribution in [0.5, 0.6) is 0 Å². The first-order chi connectivity index (χ1) is 12.6. The third-order valence-electron chi connectivity index (χ3n) is 4.47. The SMILES string of the molecule is CC(=O)C1CCc2[c-]ccnc2CC1.[CH2-]C(CC)CNC(=O)OC(C)(C)C.[Li+]. The van der Waals surface area contributed by atoms with Gasteiger partial charge in [-0.15, -0.1) is 5.56 Å². The Bertz CT molecular complexity index is 587. The number of pyridine rings is 1. The second kappa shape index (κ2) is 13.0. The van der Waals surface area contributed by atoms with E-state index in [1.807, 2.05) is 33.8 Å². The zero-order valence-corrected chi connectivity index (χ0v) is 18.4. The summed E-state index contributed by atoms with van der Waals surface area (Å²) in [4.78, 5) is 26.7. The van der Waals surface area contributed by atoms with Gasteiger partial charge in [0.1, 0.15) is 11.4 Å². The zero-order chi connectivity index (χ0) is 20.4. The molecule has 0 fully saturated rings. The molecule has 0 radical (unpaired) electrons. The second-order valence-electron chi connectivity index (χ2n) is 8.06. The number of rotatable bonds is 4. The fourth-order valence-corrected chi connectivity index (χ4v) is 2.72. The molecule has 28 heavy (non-hydrogen) atoms. The molecule has 1 N–H and O–H groups in total. The van der Waals surface area contributed by atoms with Crippen molar-refractivity contribution in [3.05, 3.63) is 36.5 Å². The molecule has 0 aliphatic heterocycles. The summed E-state index contributed by atoms with van der Waals surface area (Å²) < 4.78 is 5.05. The van der Waals surface area contributed by atoms with E-state index in [1.165, 1.54) is 5.56 Å². The van der Waals surface area contributed by atoms with Crippen LogP contribution < -0.4 is 24.2 Å². The second-order valence-corrected chi connectivity index (χ2v) is 8.06. The number of carbonyl (C=O) groups excluding carboxylic acids is 2. The maximum absolute atomic E-state index is 11.3. The number of nitrogens with zero attached hydrogens (tertiary/aromatic N) is 1. The molecule has 2 atom stereocenters. The van der Waals surface area contributed by atoms with Crippen molar-refractivity contribution in [3.8, 4) is 0 Å². The third kappa shape index (κ3) is 10.9. The molecule has 1 amide bonds. The predicted octanol–water partition coefficient (Wildman–Crippen LogP) is 1.34. The van der Waals surface area contributed by atoms with Crippen molar-refractivity contribution in [2.24, 2.45) is 11.8 Å². The summed E-state index contributed by atoms with van der Waals surface area (Å²) >= 11 is 0. The minimum Gasteiger partial charge on any atom is -0.444 e. The van der Waals surface area contributed by atoms with Crippen molar-refractivity contribution in [2.45, 2.75) is 72.3 Å². The van der Waals surface area contributed by atoms with E-state index in [0.29, 0.717) is 12.3 Å². The smallest absolute Gasteiger partial charge is 0.444 e. The average Bonchev–Trinajstić information content (AvgIpc) is 2.81. The monoisotopic (exact) mass is 381 g/mol. The molecule has 2 unspecified atom stereocenters. The number of ether oxygens (including phenoxy) is 1. The Kier molecular flexibility index (Phi) is 12.4. The molecule has 1 aromatic heterocycles. The number of aromatic nitrogens is 1. The van der Waals surface area contributed by atoms with Gasteiger partial charge in [-0.1, -0.05) is 31.7 Å². The van der Waals surface area contributed by atoms with E-state index in [-0.39, 0.29) is 36.8 Å². The summed E-state index contributed by atoms with van der Waals surface area (Å²) in [7, 11) is 0. The van der Waals surface area contributed by atoms with Crippen molar-refractivity contribution in [1.29, 1.82) is 0 Å². The largest absolute Gasteiger partial charge is 1.00 e. The Morgan fingerprint density at radius 1 is 1.36 bits per heavy atom. The van der Waals surface area contributed by atoms with Gasteiger partial charge in [0.2, 0.25) is 0 Å². The van der Waals surface area contributed by atoms with Crippen LogP contribution in [0.1, 0.15) is 65.1 Å². The van der Waals surface area contributed by atoms with Crippen LogP contribution in [-0.4, -0.2) is 29.0 Å². The van der Waals surface area contributed by atoms with Crippen molar-refractivity contribution in [1.82, 2.24) is 10.3 Å². The van der Waals surface area contributed by atoms with Gasteiger partial charge in [0.05, 0.1) is 0 Å². The molecule has 0 saturated heterocycles. The Hall–Kier alpha value is -1.31. The number of alkyl carbamates (subject to hydrolysis) is 1. The van der Waals surface area contributed by atoms with Crippen molar-refractivity contribution in [2.75, 3.05) is 6.54 Å². The first-order valence-electron chi connectivity index (χ1n) is 9.77. The maximum Gasteiger partial charge on any atom is 1.00 e. The van der Waals surface area contributed by atoms with Gasteiger partial charge >= 0.3 is 25.0 Å². The Balaban J connectivity index is 0.000000505. The van der Waals surface area contributed by atoms with Crippen molar-refractivity contribution < 1.29 is 33.2 Å². The van der Waals surface area contributed by atoms with E-state index in [9.17, 15) is 9.59 Å². The van der Waals surface area contributed by atoms with Crippen molar-refractivity contribution >= 4 is 11.9 Å². The first-order valence-corrected chi connectivity index (χ1v) is 9.77. The minimum absolute atomic E-state index is 0. The van der Waals surface area contributed by atoms with Gasteiger partial charge in [-0.2, -0.15) is 18.1 Å². The molecule has 5 nitrogen and oxygen atoms in total. The van der Waals surface area contributed by atoms with Gasteiger partial charge in [0.25, 0.3) is 0 Å². The van der Waals surface area contributed by atoms with Crippen LogP contribution >= 0.6 is 0 Å². The first kappa shape index (κ1) is 26.7. The van der Waals surface area contributed by atoms with Gasteiger partial charge in [-0.05, 0) is 53.5 Å². The number of aryl methyl sites for hydroxylation is 2. The summed E-state index contributed by atoms with van der Waals surface area (Å²) in [6, 6.07) is 5.07. The fraction of sp³-hybridized carbons (Fsp3) is 0.636. The van der Waals surface area contributed by atoms with E-state index in [2.05, 4.69) is 23.3 Å². The molecular formula is C22H34LiN2O3-. The van der Waals surface area contributed by atoms with Gasteiger partial charge < -0.3 is 22.0 Å². The number of Topliss-reactive ketones (excluding diaryl/α,β-unsaturated/α-hetero) is 1. The molecule has 1 heterocycles. The topological polar surface area (TPSA) is 68.3 Å². The number of fused-ring (bicyclic) bond motifs is 1. The number of hydrogen-bond acceptors (Lipinski definition) is 4. The van der Waals surface area contributed by atoms with Crippen LogP contribution in [0.4, 0.5) is 4.79 Å². The average molecular weight is 381 g/mol. The standard InChI is InChI=1S/C12H14NO.C10H20NO2.Li/c1-9(14)10-4-5-11-3-2-8-13-12(11)7-6-10;1-6-8(2)7-11-9(12)13-10(3,4)5;/h2,8,10H,4-7H2,1H3;8H,2,6-7H2,1,3-5H3,(H,11,12);/q2*-1;+1. The number of amides is 1. The molecule has 1 aliphatic carbocycles. The Morgan fingerprint density at radius 2 is 2.00 bits per heavy atom. The predicted molar refractivity (Wildman–Crippen MR) is 107 cm³/mol. The van der Waals surface area contributed by atoms with Gasteiger partial charge in [-0.25, -0.2) is 4.79 Å². The summed E-state index contributed by atoms with van der Waals surface area (Å²) in [5.41, 5.74) is 1.92. The van der Waals surface area contributed by atoms with Crippen LogP contribution in [0.25, 0.3) is 0 Å². The van der Waals surface area contributed by atoms with E-state index >= 15 is 0 Å². The fourth-order valence-electron chi connectivity index (χ4n) is 2.72. The van der Waals surface area contributed by atoms with Crippen molar-refractivity contribution in [3.63, 3.8) is 0 Å². The molecular weight excluding hydrogens is 347 g/mol. The zero-order valence-electron chi connectivity index (χ0n) is 18.4. The van der Waals surface area contributed by atoms with Gasteiger partial charge in [0, 0.05) is 5.92 Å². The third-order valence-corrected chi connectivity index (χ3v) is 4.47. The summed E-state index contributed by atoms with van der Waals surface area (Å²) in [6.45, 7) is 13.7. The van der Waals surface area contributed by atoms with E-state index in [0.717, 1.165) is 37.8 Å². The van der Waals surface area contributed by atoms with Crippen LogP contribution in [0.3, 0.4) is 0 Å². The van der Waals surface area contributed by atoms with E-state index in [4.69, 9.17) is 4.74 Å². The Labute approximate surface area is 182 Å². The van der Waals surface area contributed by atoms with E-state index in [1.54, 1.807) is 13.1 Å². The quantitative estimate of drug-likeness (QED) is 0.486. The molecule has 1 aliphatic rings. The maximum atomic E-state index is 11.3. The summed E-state index contributed by atoms with van der Waals surface area (Å²) in [6.07, 6.45) is 6.17. The van der Waals surface area contributed by atoms with Gasteiger partial charge in [-0.3, -0.25) is 4.79 Å². The van der Waals surface area contributed by atoms with Crippen LogP contribution in [0.15, 0.2) is 12.3 Å². The molecule has 0 spiro atoms. The molecule has 2 rings (SSSR count). The number of hydrogen-bond donors (Lipinski definition) is 1.